The predicted octanol–water partition coefficient (Wildman–Crippen LogP) is 4.56. The molecule has 0 aliphatic carbocycles. The van der Waals surface area contributed by atoms with E-state index >= 15 is 0 Å². The Balaban J connectivity index is 0.000000161. The quantitative estimate of drug-likeness (QED) is 0.804. The molecule has 2 fully saturated rings. The van der Waals surface area contributed by atoms with Gasteiger partial charge < -0.3 is 9.80 Å². The van der Waals surface area contributed by atoms with Crippen molar-refractivity contribution in [2.45, 2.75) is 51.9 Å². The van der Waals surface area contributed by atoms with Crippen molar-refractivity contribution in [3.8, 4) is 0 Å². The standard InChI is InChI=1S/C11H15N.C8H17N/c1-3-7-11(8-4-1)12-9-5-2-6-10-12;1-2-6-9-7-4-3-5-8-9/h1,3-4,7-8H,2,5-6,9-10H2;2-8H2,1H3. The summed E-state index contributed by atoms with van der Waals surface area (Å²) in [6.45, 7) is 8.77. The van der Waals surface area contributed by atoms with Gasteiger partial charge in [-0.15, -0.1) is 0 Å². The lowest BCUT2D eigenvalue weighted by molar-refractivity contribution is 0.229. The molecule has 118 valence electrons. The van der Waals surface area contributed by atoms with Crippen LogP contribution in [0.1, 0.15) is 51.9 Å². The van der Waals surface area contributed by atoms with E-state index in [-0.39, 0.29) is 0 Å². The van der Waals surface area contributed by atoms with Crippen LogP contribution >= 0.6 is 0 Å². The number of nitrogens with zero attached hydrogens (tertiary/aromatic N) is 2. The molecular weight excluding hydrogens is 256 g/mol. The summed E-state index contributed by atoms with van der Waals surface area (Å²) in [5, 5.41) is 0. The van der Waals surface area contributed by atoms with Crippen molar-refractivity contribution in [1.82, 2.24) is 4.90 Å². The molecule has 0 spiro atoms. The highest BCUT2D eigenvalue weighted by Crippen LogP contribution is 2.18. The van der Waals surface area contributed by atoms with Gasteiger partial charge in [-0.2, -0.15) is 0 Å². The Morgan fingerprint density at radius 2 is 1.33 bits per heavy atom. The summed E-state index contributed by atoms with van der Waals surface area (Å²) in [4.78, 5) is 5.05. The summed E-state index contributed by atoms with van der Waals surface area (Å²) in [6, 6.07) is 10.7. The van der Waals surface area contributed by atoms with Crippen LogP contribution < -0.4 is 4.90 Å². The second kappa shape index (κ2) is 9.83. The summed E-state index contributed by atoms with van der Waals surface area (Å²) in [7, 11) is 0. The van der Waals surface area contributed by atoms with Gasteiger partial charge in [0.15, 0.2) is 0 Å². The smallest absolute Gasteiger partial charge is 0.0366 e. The highest BCUT2D eigenvalue weighted by atomic mass is 15.1. The van der Waals surface area contributed by atoms with Crippen LogP contribution in [-0.4, -0.2) is 37.6 Å². The van der Waals surface area contributed by atoms with Crippen molar-refractivity contribution in [3.05, 3.63) is 30.3 Å². The second-order valence-electron chi connectivity index (χ2n) is 6.29. The number of anilines is 1. The SMILES string of the molecule is CCCN1CCCCC1.c1ccc(N2CCCCC2)cc1. The predicted molar refractivity (Wildman–Crippen MR) is 93.1 cm³/mol. The molecule has 21 heavy (non-hydrogen) atoms. The van der Waals surface area contributed by atoms with Crippen LogP contribution in [0.4, 0.5) is 5.69 Å². The number of likely N-dealkylation sites (tertiary alicyclic amines) is 1. The summed E-state index contributed by atoms with van der Waals surface area (Å²) in [5.74, 6) is 0. The molecule has 0 aromatic heterocycles. The first-order valence-electron chi connectivity index (χ1n) is 8.92. The molecule has 0 amide bonds. The van der Waals surface area contributed by atoms with E-state index in [2.05, 4.69) is 47.1 Å². The van der Waals surface area contributed by atoms with Crippen LogP contribution in [0.2, 0.25) is 0 Å². The lowest BCUT2D eigenvalue weighted by Gasteiger charge is -2.28. The lowest BCUT2D eigenvalue weighted by atomic mass is 10.1. The van der Waals surface area contributed by atoms with E-state index in [1.165, 1.54) is 83.4 Å². The minimum Gasteiger partial charge on any atom is -0.372 e. The average molecular weight is 288 g/mol. The summed E-state index contributed by atoms with van der Waals surface area (Å²) >= 11 is 0. The van der Waals surface area contributed by atoms with E-state index in [0.717, 1.165) is 0 Å². The highest BCUT2D eigenvalue weighted by Gasteiger charge is 2.09. The summed E-state index contributed by atoms with van der Waals surface area (Å²) in [5.41, 5.74) is 1.39. The van der Waals surface area contributed by atoms with Crippen molar-refractivity contribution in [1.29, 1.82) is 0 Å². The van der Waals surface area contributed by atoms with Gasteiger partial charge in [-0.25, -0.2) is 0 Å². The van der Waals surface area contributed by atoms with Gasteiger partial charge in [0.2, 0.25) is 0 Å². The van der Waals surface area contributed by atoms with Crippen LogP contribution in [-0.2, 0) is 0 Å². The van der Waals surface area contributed by atoms with Gasteiger partial charge >= 0.3 is 0 Å². The van der Waals surface area contributed by atoms with E-state index in [9.17, 15) is 0 Å². The Hall–Kier alpha value is -1.02. The minimum absolute atomic E-state index is 1.24. The van der Waals surface area contributed by atoms with E-state index in [4.69, 9.17) is 0 Å². The summed E-state index contributed by atoms with van der Waals surface area (Å²) < 4.78 is 0. The van der Waals surface area contributed by atoms with Crippen molar-refractivity contribution in [3.63, 3.8) is 0 Å². The number of piperidine rings is 2. The Labute approximate surface area is 131 Å². The zero-order valence-corrected chi connectivity index (χ0v) is 13.8. The molecule has 2 nitrogen and oxygen atoms in total. The van der Waals surface area contributed by atoms with Crippen molar-refractivity contribution < 1.29 is 0 Å². The Morgan fingerprint density at radius 1 is 0.762 bits per heavy atom. The number of rotatable bonds is 3. The van der Waals surface area contributed by atoms with Gasteiger partial charge in [-0.1, -0.05) is 31.5 Å². The molecule has 3 rings (SSSR count). The van der Waals surface area contributed by atoms with Crippen LogP contribution in [0.15, 0.2) is 30.3 Å². The van der Waals surface area contributed by atoms with Gasteiger partial charge in [0, 0.05) is 18.8 Å². The molecule has 2 saturated heterocycles. The molecular formula is C19H32N2. The van der Waals surface area contributed by atoms with Crippen LogP contribution in [0.5, 0.6) is 0 Å². The Morgan fingerprint density at radius 3 is 1.90 bits per heavy atom. The summed E-state index contributed by atoms with van der Waals surface area (Å²) in [6.07, 6.45) is 9.76. The molecule has 2 aliphatic rings. The number of hydrogen-bond acceptors (Lipinski definition) is 2. The Bertz CT molecular complexity index is 348. The minimum atomic E-state index is 1.24. The molecule has 1 aromatic carbocycles. The molecule has 1 aromatic rings. The van der Waals surface area contributed by atoms with Crippen molar-refractivity contribution in [2.24, 2.45) is 0 Å². The van der Waals surface area contributed by atoms with Gasteiger partial charge in [0.25, 0.3) is 0 Å². The zero-order valence-electron chi connectivity index (χ0n) is 13.8. The number of benzene rings is 1. The fraction of sp³-hybridized carbons (Fsp3) is 0.684. The fourth-order valence-corrected chi connectivity index (χ4v) is 3.29. The largest absolute Gasteiger partial charge is 0.372 e. The molecule has 0 radical (unpaired) electrons. The average Bonchev–Trinajstić information content (AvgIpc) is 2.58. The third-order valence-electron chi connectivity index (χ3n) is 4.47. The first kappa shape index (κ1) is 16.4. The maximum Gasteiger partial charge on any atom is 0.0366 e. The second-order valence-corrected chi connectivity index (χ2v) is 6.29. The van der Waals surface area contributed by atoms with Crippen LogP contribution in [0, 0.1) is 0 Å². The van der Waals surface area contributed by atoms with Gasteiger partial charge in [0.05, 0.1) is 0 Å². The molecule has 0 unspecified atom stereocenters. The van der Waals surface area contributed by atoms with Gasteiger partial charge in [0.1, 0.15) is 0 Å². The Kier molecular flexibility index (Phi) is 7.66. The zero-order chi connectivity index (χ0) is 14.8. The van der Waals surface area contributed by atoms with E-state index in [1.54, 1.807) is 0 Å². The monoisotopic (exact) mass is 288 g/mol. The highest BCUT2D eigenvalue weighted by molar-refractivity contribution is 5.46. The molecule has 0 bridgehead atoms. The molecule has 0 N–H and O–H groups in total. The van der Waals surface area contributed by atoms with Crippen LogP contribution in [0.25, 0.3) is 0 Å². The van der Waals surface area contributed by atoms with E-state index in [1.807, 2.05) is 0 Å². The fourth-order valence-electron chi connectivity index (χ4n) is 3.29. The number of hydrogen-bond donors (Lipinski definition) is 0. The van der Waals surface area contributed by atoms with Crippen LogP contribution in [0.3, 0.4) is 0 Å². The van der Waals surface area contributed by atoms with E-state index in [0.29, 0.717) is 0 Å². The molecule has 2 heteroatoms. The molecule has 2 aliphatic heterocycles. The van der Waals surface area contributed by atoms with E-state index < -0.39 is 0 Å². The van der Waals surface area contributed by atoms with Crippen molar-refractivity contribution >= 4 is 5.69 Å². The lowest BCUT2D eigenvalue weighted by Crippen LogP contribution is -2.30. The molecule has 2 heterocycles. The maximum atomic E-state index is 2.57. The van der Waals surface area contributed by atoms with Crippen molar-refractivity contribution in [2.75, 3.05) is 37.6 Å². The third-order valence-corrected chi connectivity index (χ3v) is 4.47. The van der Waals surface area contributed by atoms with Gasteiger partial charge in [-0.3, -0.25) is 0 Å². The van der Waals surface area contributed by atoms with Gasteiger partial charge in [-0.05, 0) is 70.3 Å². The molecule has 0 atom stereocenters. The number of para-hydroxylation sites is 1. The first-order chi connectivity index (χ1) is 10.4. The third kappa shape index (κ3) is 6.09. The molecule has 0 saturated carbocycles. The first-order valence-corrected chi connectivity index (χ1v) is 8.92. The maximum absolute atomic E-state index is 2.57. The normalized spacial score (nSPS) is 19.8. The topological polar surface area (TPSA) is 6.48 Å².